The molecule has 0 bridgehead atoms. The van der Waals surface area contributed by atoms with Gasteiger partial charge in [-0.05, 0) is 40.0 Å². The lowest BCUT2D eigenvalue weighted by Gasteiger charge is -2.45. The lowest BCUT2D eigenvalue weighted by Crippen LogP contribution is -2.61. The minimum Gasteiger partial charge on any atom is -0.481 e. The first-order valence-corrected chi connectivity index (χ1v) is 7.76. The van der Waals surface area contributed by atoms with Crippen molar-refractivity contribution in [2.24, 2.45) is 0 Å². The van der Waals surface area contributed by atoms with Crippen molar-refractivity contribution in [1.82, 2.24) is 15.1 Å². The summed E-state index contributed by atoms with van der Waals surface area (Å²) < 4.78 is 0. The number of carboxylic acid groups (broad SMARTS) is 1. The van der Waals surface area contributed by atoms with Crippen molar-refractivity contribution in [2.75, 3.05) is 26.2 Å². The first-order chi connectivity index (χ1) is 9.72. The van der Waals surface area contributed by atoms with Gasteiger partial charge in [-0.3, -0.25) is 9.69 Å². The van der Waals surface area contributed by atoms with Crippen LogP contribution in [-0.4, -0.2) is 64.2 Å². The van der Waals surface area contributed by atoms with Crippen LogP contribution in [0.1, 0.15) is 46.5 Å². The van der Waals surface area contributed by atoms with Crippen LogP contribution in [0.25, 0.3) is 0 Å². The number of rotatable bonds is 3. The second kappa shape index (κ2) is 5.83. The van der Waals surface area contributed by atoms with Crippen molar-refractivity contribution < 1.29 is 14.7 Å². The van der Waals surface area contributed by atoms with Crippen LogP contribution in [0.3, 0.4) is 0 Å². The SMILES string of the molecule is CC(C)(C)N1CCN(C(=O)NC2(CC(=O)O)CCC2)CC1. The molecule has 2 fully saturated rings. The number of amides is 2. The summed E-state index contributed by atoms with van der Waals surface area (Å²) in [5, 5.41) is 12.0. The van der Waals surface area contributed by atoms with E-state index < -0.39 is 11.5 Å². The molecule has 0 aromatic heterocycles. The lowest BCUT2D eigenvalue weighted by atomic mass is 9.74. The van der Waals surface area contributed by atoms with Crippen molar-refractivity contribution in [3.8, 4) is 0 Å². The molecule has 2 N–H and O–H groups in total. The minimum atomic E-state index is -0.840. The molecule has 0 unspecified atom stereocenters. The van der Waals surface area contributed by atoms with Crippen molar-refractivity contribution >= 4 is 12.0 Å². The van der Waals surface area contributed by atoms with Gasteiger partial charge < -0.3 is 15.3 Å². The Labute approximate surface area is 126 Å². The molecule has 0 spiro atoms. The highest BCUT2D eigenvalue weighted by Crippen LogP contribution is 2.35. The van der Waals surface area contributed by atoms with Gasteiger partial charge in [-0.25, -0.2) is 4.79 Å². The molecule has 120 valence electrons. The number of carbonyl (C=O) groups excluding carboxylic acids is 1. The molecule has 6 heteroatoms. The molecule has 2 amide bonds. The van der Waals surface area contributed by atoms with Gasteiger partial charge in [0.1, 0.15) is 0 Å². The Morgan fingerprint density at radius 3 is 2.10 bits per heavy atom. The quantitative estimate of drug-likeness (QED) is 0.828. The third kappa shape index (κ3) is 3.87. The zero-order chi connectivity index (χ0) is 15.7. The summed E-state index contributed by atoms with van der Waals surface area (Å²) in [6.45, 7) is 9.67. The average molecular weight is 297 g/mol. The van der Waals surface area contributed by atoms with E-state index in [-0.39, 0.29) is 18.0 Å². The molecule has 2 aliphatic rings. The fraction of sp³-hybridized carbons (Fsp3) is 0.867. The molecular formula is C15H27N3O3. The van der Waals surface area contributed by atoms with Crippen molar-refractivity contribution in [1.29, 1.82) is 0 Å². The van der Waals surface area contributed by atoms with E-state index in [0.717, 1.165) is 32.4 Å². The van der Waals surface area contributed by atoms with Gasteiger partial charge >= 0.3 is 12.0 Å². The molecule has 0 aromatic rings. The molecule has 2 rings (SSSR count). The summed E-state index contributed by atoms with van der Waals surface area (Å²) in [6.07, 6.45) is 2.56. The monoisotopic (exact) mass is 297 g/mol. The van der Waals surface area contributed by atoms with Crippen LogP contribution in [0, 0.1) is 0 Å². The number of hydrogen-bond acceptors (Lipinski definition) is 3. The number of piperazine rings is 1. The molecule has 0 atom stereocenters. The van der Waals surface area contributed by atoms with Crippen LogP contribution in [0.15, 0.2) is 0 Å². The van der Waals surface area contributed by atoms with Gasteiger partial charge in [0, 0.05) is 31.7 Å². The van der Waals surface area contributed by atoms with E-state index in [4.69, 9.17) is 5.11 Å². The first kappa shape index (κ1) is 16.1. The number of aliphatic carboxylic acids is 1. The fourth-order valence-electron chi connectivity index (χ4n) is 3.13. The van der Waals surface area contributed by atoms with Gasteiger partial charge in [0.2, 0.25) is 0 Å². The third-order valence-electron chi connectivity index (χ3n) is 4.69. The predicted octanol–water partition coefficient (Wildman–Crippen LogP) is 1.51. The van der Waals surface area contributed by atoms with Crippen LogP contribution in [0.4, 0.5) is 4.79 Å². The van der Waals surface area contributed by atoms with Gasteiger partial charge in [0.05, 0.1) is 12.0 Å². The first-order valence-electron chi connectivity index (χ1n) is 7.76. The van der Waals surface area contributed by atoms with E-state index in [0.29, 0.717) is 13.1 Å². The predicted molar refractivity (Wildman–Crippen MR) is 80.3 cm³/mol. The Morgan fingerprint density at radius 1 is 1.14 bits per heavy atom. The van der Waals surface area contributed by atoms with Crippen LogP contribution >= 0.6 is 0 Å². The van der Waals surface area contributed by atoms with Crippen molar-refractivity contribution in [3.63, 3.8) is 0 Å². The zero-order valence-electron chi connectivity index (χ0n) is 13.3. The van der Waals surface area contributed by atoms with E-state index in [1.165, 1.54) is 0 Å². The van der Waals surface area contributed by atoms with E-state index >= 15 is 0 Å². The summed E-state index contributed by atoms with van der Waals surface area (Å²) in [4.78, 5) is 27.5. The smallest absolute Gasteiger partial charge is 0.317 e. The molecule has 1 saturated heterocycles. The lowest BCUT2D eigenvalue weighted by molar-refractivity contribution is -0.139. The Kier molecular flexibility index (Phi) is 4.46. The minimum absolute atomic E-state index is 0.0285. The van der Waals surface area contributed by atoms with Gasteiger partial charge in [-0.2, -0.15) is 0 Å². The van der Waals surface area contributed by atoms with E-state index in [1.54, 1.807) is 0 Å². The van der Waals surface area contributed by atoms with Crippen LogP contribution in [-0.2, 0) is 4.79 Å². The molecule has 6 nitrogen and oxygen atoms in total. The summed E-state index contributed by atoms with van der Waals surface area (Å²) >= 11 is 0. The summed E-state index contributed by atoms with van der Waals surface area (Å²) in [5.41, 5.74) is -0.384. The van der Waals surface area contributed by atoms with Crippen LogP contribution < -0.4 is 5.32 Å². The fourth-order valence-corrected chi connectivity index (χ4v) is 3.13. The highest BCUT2D eigenvalue weighted by molar-refractivity contribution is 5.77. The second-order valence-electron chi connectivity index (χ2n) is 7.28. The van der Waals surface area contributed by atoms with Gasteiger partial charge in [0.15, 0.2) is 0 Å². The van der Waals surface area contributed by atoms with E-state index in [1.807, 2.05) is 4.90 Å². The number of carboxylic acids is 1. The van der Waals surface area contributed by atoms with Crippen molar-refractivity contribution in [2.45, 2.75) is 57.5 Å². The number of hydrogen-bond donors (Lipinski definition) is 2. The molecule has 1 aliphatic heterocycles. The molecule has 0 aromatic carbocycles. The average Bonchev–Trinajstić information content (AvgIpc) is 2.34. The number of nitrogens with one attached hydrogen (secondary N) is 1. The Bertz CT molecular complexity index is 405. The largest absolute Gasteiger partial charge is 0.481 e. The Balaban J connectivity index is 1.86. The number of nitrogens with zero attached hydrogens (tertiary/aromatic N) is 2. The molecular weight excluding hydrogens is 270 g/mol. The van der Waals surface area contributed by atoms with Gasteiger partial charge in [-0.15, -0.1) is 0 Å². The van der Waals surface area contributed by atoms with Crippen LogP contribution in [0.2, 0.25) is 0 Å². The molecule has 1 heterocycles. The highest BCUT2D eigenvalue weighted by atomic mass is 16.4. The van der Waals surface area contributed by atoms with E-state index in [2.05, 4.69) is 31.0 Å². The number of carbonyl (C=O) groups is 2. The normalized spacial score (nSPS) is 22.5. The van der Waals surface area contributed by atoms with Crippen LogP contribution in [0.5, 0.6) is 0 Å². The molecule has 1 aliphatic carbocycles. The Morgan fingerprint density at radius 2 is 1.71 bits per heavy atom. The highest BCUT2D eigenvalue weighted by Gasteiger charge is 2.41. The third-order valence-corrected chi connectivity index (χ3v) is 4.69. The van der Waals surface area contributed by atoms with Gasteiger partial charge in [-0.1, -0.05) is 0 Å². The number of urea groups is 1. The maximum atomic E-state index is 12.3. The molecule has 21 heavy (non-hydrogen) atoms. The van der Waals surface area contributed by atoms with E-state index in [9.17, 15) is 9.59 Å². The van der Waals surface area contributed by atoms with Crippen molar-refractivity contribution in [3.05, 3.63) is 0 Å². The maximum absolute atomic E-state index is 12.3. The molecule has 1 saturated carbocycles. The topological polar surface area (TPSA) is 72.9 Å². The standard InChI is InChI=1S/C15H27N3O3/c1-14(2,3)18-9-7-17(8-10-18)13(21)16-15(5-4-6-15)11-12(19)20/h4-11H2,1-3H3,(H,16,21)(H,19,20). The summed E-state index contributed by atoms with van der Waals surface area (Å²) in [7, 11) is 0. The van der Waals surface area contributed by atoms with Gasteiger partial charge in [0.25, 0.3) is 0 Å². The maximum Gasteiger partial charge on any atom is 0.317 e. The summed E-state index contributed by atoms with van der Waals surface area (Å²) in [5.74, 6) is -0.840. The Hall–Kier alpha value is -1.30. The zero-order valence-corrected chi connectivity index (χ0v) is 13.3. The second-order valence-corrected chi connectivity index (χ2v) is 7.28. The summed E-state index contributed by atoms with van der Waals surface area (Å²) in [6, 6.07) is -0.107. The molecule has 0 radical (unpaired) electrons.